The highest BCUT2D eigenvalue weighted by molar-refractivity contribution is 7.89. The summed E-state index contributed by atoms with van der Waals surface area (Å²) < 4.78 is 64.7. The molecule has 0 unspecified atom stereocenters. The highest BCUT2D eigenvalue weighted by Crippen LogP contribution is 2.37. The lowest BCUT2D eigenvalue weighted by Gasteiger charge is -2.29. The van der Waals surface area contributed by atoms with Crippen LogP contribution in [0, 0.1) is 0 Å². The molecule has 3 atom stereocenters. The lowest BCUT2D eigenvalue weighted by Crippen LogP contribution is -2.38. The molecule has 0 aliphatic heterocycles. The van der Waals surface area contributed by atoms with Crippen LogP contribution in [0.15, 0.2) is 55.0 Å². The molecule has 246 valence electrons. The van der Waals surface area contributed by atoms with Crippen LogP contribution in [0.2, 0.25) is 0 Å². The number of hydrogen-bond acceptors (Lipinski definition) is 10. The van der Waals surface area contributed by atoms with E-state index in [1.165, 1.54) is 22.4 Å². The van der Waals surface area contributed by atoms with Gasteiger partial charge in [0.15, 0.2) is 0 Å². The van der Waals surface area contributed by atoms with Gasteiger partial charge in [0.25, 0.3) is 0 Å². The van der Waals surface area contributed by atoms with E-state index in [9.17, 15) is 26.7 Å². The van der Waals surface area contributed by atoms with E-state index >= 15 is 0 Å². The number of thiophene rings is 1. The fourth-order valence-electron chi connectivity index (χ4n) is 5.97. The minimum absolute atomic E-state index is 0. The number of pyridine rings is 1. The number of nitrogens with zero attached hydrogens (tertiary/aromatic N) is 5. The first-order valence-electron chi connectivity index (χ1n) is 14.2. The fraction of sp³-hybridized carbons (Fsp3) is 0.367. The number of anilines is 2. The Labute approximate surface area is 274 Å². The number of aliphatic hydroxyl groups is 1. The first kappa shape index (κ1) is 33.9. The smallest absolute Gasteiger partial charge is 0.391 e. The maximum absolute atomic E-state index is 13.1. The number of alkyl halides is 3. The van der Waals surface area contributed by atoms with Crippen molar-refractivity contribution in [2.75, 3.05) is 30.6 Å². The Morgan fingerprint density at radius 3 is 2.52 bits per heavy atom. The third-order valence-electron chi connectivity index (χ3n) is 8.15. The molecule has 6 rings (SSSR count). The Bertz CT molecular complexity index is 1970. The summed E-state index contributed by atoms with van der Waals surface area (Å²) in [5, 5.41) is 18.7. The average Bonchev–Trinajstić information content (AvgIpc) is 3.70. The van der Waals surface area contributed by atoms with E-state index in [-0.39, 0.29) is 29.4 Å². The van der Waals surface area contributed by atoms with Gasteiger partial charge in [-0.25, -0.2) is 17.4 Å². The summed E-state index contributed by atoms with van der Waals surface area (Å²) in [6.45, 7) is 0.563. The Morgan fingerprint density at radius 1 is 1.11 bits per heavy atom. The molecule has 1 aliphatic rings. The quantitative estimate of drug-likeness (QED) is 0.191. The van der Waals surface area contributed by atoms with Crippen molar-refractivity contribution in [3.63, 3.8) is 0 Å². The molecule has 4 heterocycles. The van der Waals surface area contributed by atoms with Gasteiger partial charge in [0.1, 0.15) is 10.6 Å². The van der Waals surface area contributed by atoms with Crippen LogP contribution in [-0.2, 0) is 23.0 Å². The summed E-state index contributed by atoms with van der Waals surface area (Å²) in [5.41, 5.74) is 3.29. The van der Waals surface area contributed by atoms with Gasteiger partial charge in [-0.2, -0.15) is 18.2 Å². The van der Waals surface area contributed by atoms with Gasteiger partial charge in [0, 0.05) is 54.9 Å². The SMILES string of the molecule is CNc1nc(N(C)[C@H]2C[C@@H](NCc3ccc(-c4cncc5c4ccn5S(C)(=O)=O)cc3)C[C@H]2O)c2cc(CC(F)(F)F)sc2n1.Cl. The highest BCUT2D eigenvalue weighted by Gasteiger charge is 2.37. The Morgan fingerprint density at radius 2 is 1.85 bits per heavy atom. The standard InChI is InChI=1S/C30H32F3N7O3S2.ClH/c1-34-29-37-27(22-12-20(13-30(31,32)33)44-28(22)38-29)39(2)24-10-19(11-26(24)41)36-14-17-4-6-18(7-5-17)23-15-35-16-25-21(23)8-9-40(25)45(3,42)43;/h4-9,12,15-16,19,24,26,36,41H,10-11,13-14H2,1-3H3,(H,34,37,38);1H/t19-,24+,26-;/m1./s1. The van der Waals surface area contributed by atoms with Crippen LogP contribution in [0.5, 0.6) is 0 Å². The van der Waals surface area contributed by atoms with E-state index in [1.54, 1.807) is 26.4 Å². The first-order valence-corrected chi connectivity index (χ1v) is 16.9. The molecule has 5 aromatic rings. The molecule has 1 aromatic carbocycles. The van der Waals surface area contributed by atoms with E-state index in [0.717, 1.165) is 39.7 Å². The normalized spacial score (nSPS) is 18.6. The van der Waals surface area contributed by atoms with Gasteiger partial charge in [0.2, 0.25) is 16.0 Å². The summed E-state index contributed by atoms with van der Waals surface area (Å²) in [6.07, 6.45) is 1.03. The molecular weight excluding hydrogens is 663 g/mol. The first-order chi connectivity index (χ1) is 21.3. The lowest BCUT2D eigenvalue weighted by molar-refractivity contribution is -0.126. The van der Waals surface area contributed by atoms with Crippen molar-refractivity contribution in [3.8, 4) is 11.1 Å². The van der Waals surface area contributed by atoms with Gasteiger partial charge in [-0.15, -0.1) is 23.7 Å². The van der Waals surface area contributed by atoms with Crippen LogP contribution in [0.1, 0.15) is 23.3 Å². The predicted molar refractivity (Wildman–Crippen MR) is 177 cm³/mol. The zero-order valence-corrected chi connectivity index (χ0v) is 27.6. The van der Waals surface area contributed by atoms with Crippen LogP contribution in [0.4, 0.5) is 24.9 Å². The molecule has 3 N–H and O–H groups in total. The van der Waals surface area contributed by atoms with Crippen molar-refractivity contribution in [1.29, 1.82) is 0 Å². The second-order valence-electron chi connectivity index (χ2n) is 11.3. The number of aliphatic hydroxyl groups excluding tert-OH is 1. The zero-order chi connectivity index (χ0) is 32.1. The number of rotatable bonds is 9. The number of aromatic nitrogens is 4. The summed E-state index contributed by atoms with van der Waals surface area (Å²) in [6, 6.07) is 10.9. The number of fused-ring (bicyclic) bond motifs is 2. The minimum atomic E-state index is -4.33. The van der Waals surface area contributed by atoms with Crippen LogP contribution in [0.3, 0.4) is 0 Å². The number of likely N-dealkylation sites (N-methyl/N-ethyl adjacent to an activating group) is 1. The van der Waals surface area contributed by atoms with Gasteiger partial charge < -0.3 is 20.6 Å². The largest absolute Gasteiger partial charge is 0.393 e. The Balaban J connectivity index is 0.00000417. The second-order valence-corrected chi connectivity index (χ2v) is 14.3. The van der Waals surface area contributed by atoms with E-state index in [1.807, 2.05) is 29.2 Å². The number of halogens is 4. The van der Waals surface area contributed by atoms with Gasteiger partial charge in [-0.3, -0.25) is 4.98 Å². The van der Waals surface area contributed by atoms with Crippen LogP contribution in [0.25, 0.3) is 32.2 Å². The lowest BCUT2D eigenvalue weighted by atomic mass is 10.0. The Kier molecular flexibility index (Phi) is 9.53. The van der Waals surface area contributed by atoms with Crippen LogP contribution >= 0.6 is 23.7 Å². The van der Waals surface area contributed by atoms with Crippen LogP contribution < -0.4 is 15.5 Å². The van der Waals surface area contributed by atoms with Gasteiger partial charge in [-0.05, 0) is 36.1 Å². The molecule has 4 aromatic heterocycles. The maximum atomic E-state index is 13.1. The van der Waals surface area contributed by atoms with Crippen molar-refractivity contribution in [2.24, 2.45) is 0 Å². The van der Waals surface area contributed by atoms with E-state index in [4.69, 9.17) is 0 Å². The third-order valence-corrected chi connectivity index (χ3v) is 10.2. The highest BCUT2D eigenvalue weighted by atomic mass is 35.5. The Hall–Kier alpha value is -3.50. The average molecular weight is 696 g/mol. The monoisotopic (exact) mass is 695 g/mol. The molecule has 10 nitrogen and oxygen atoms in total. The number of nitrogens with one attached hydrogen (secondary N) is 2. The summed E-state index contributed by atoms with van der Waals surface area (Å²) in [5.74, 6) is 0.779. The van der Waals surface area contributed by atoms with Crippen molar-refractivity contribution in [3.05, 3.63) is 65.4 Å². The molecule has 16 heteroatoms. The van der Waals surface area contributed by atoms with Gasteiger partial charge in [-0.1, -0.05) is 24.3 Å². The van der Waals surface area contributed by atoms with E-state index in [0.29, 0.717) is 46.9 Å². The van der Waals surface area contributed by atoms with Crippen molar-refractivity contribution < 1.29 is 26.7 Å². The van der Waals surface area contributed by atoms with Crippen molar-refractivity contribution in [1.82, 2.24) is 24.2 Å². The zero-order valence-electron chi connectivity index (χ0n) is 25.1. The second kappa shape index (κ2) is 13.0. The molecular formula is C30H33ClF3N7O3S2. The maximum Gasteiger partial charge on any atom is 0.393 e. The molecule has 46 heavy (non-hydrogen) atoms. The van der Waals surface area contributed by atoms with E-state index in [2.05, 4.69) is 25.6 Å². The van der Waals surface area contributed by atoms with Gasteiger partial charge >= 0.3 is 6.18 Å². The molecule has 1 saturated carbocycles. The molecule has 0 amide bonds. The topological polar surface area (TPSA) is 125 Å². The summed E-state index contributed by atoms with van der Waals surface area (Å²) in [7, 11) is 0.000925. The van der Waals surface area contributed by atoms with Gasteiger partial charge in [0.05, 0.1) is 41.9 Å². The van der Waals surface area contributed by atoms with Crippen LogP contribution in [-0.4, -0.2) is 77.2 Å². The molecule has 0 saturated heterocycles. The third kappa shape index (κ3) is 6.93. The fourth-order valence-corrected chi connectivity index (χ4v) is 7.81. The number of hydrogen-bond donors (Lipinski definition) is 3. The molecule has 1 aliphatic carbocycles. The molecule has 0 bridgehead atoms. The van der Waals surface area contributed by atoms with Crippen molar-refractivity contribution >= 4 is 66.7 Å². The molecule has 1 fully saturated rings. The van der Waals surface area contributed by atoms with Crippen molar-refractivity contribution in [2.45, 2.75) is 50.2 Å². The summed E-state index contributed by atoms with van der Waals surface area (Å²) in [4.78, 5) is 15.6. The van der Waals surface area contributed by atoms with E-state index < -0.39 is 28.7 Å². The minimum Gasteiger partial charge on any atom is -0.391 e. The summed E-state index contributed by atoms with van der Waals surface area (Å²) >= 11 is 0.995. The molecule has 0 radical (unpaired) electrons. The predicted octanol–water partition coefficient (Wildman–Crippen LogP) is 5.20. The molecule has 0 spiro atoms. The number of benzene rings is 1.